The third kappa shape index (κ3) is 3.72. The van der Waals surface area contributed by atoms with Crippen LogP contribution in [-0.2, 0) is 4.79 Å². The minimum absolute atomic E-state index is 0. The van der Waals surface area contributed by atoms with Gasteiger partial charge in [-0.15, -0.1) is 12.4 Å². The summed E-state index contributed by atoms with van der Waals surface area (Å²) in [6, 6.07) is 10.9. The van der Waals surface area contributed by atoms with Gasteiger partial charge in [-0.05, 0) is 18.4 Å². The maximum atomic E-state index is 11.8. The third-order valence-corrected chi connectivity index (χ3v) is 3.98. The van der Waals surface area contributed by atoms with E-state index in [4.69, 9.17) is 5.73 Å². The molecule has 0 aromatic heterocycles. The number of carbonyl (C=O) groups excluding carboxylic acids is 1. The van der Waals surface area contributed by atoms with Crippen LogP contribution in [0.3, 0.4) is 0 Å². The average molecular weight is 296 g/mol. The van der Waals surface area contributed by atoms with Gasteiger partial charge in [-0.25, -0.2) is 0 Å². The summed E-state index contributed by atoms with van der Waals surface area (Å²) >= 11 is 0. The molecule has 5 heteroatoms. The molecule has 2 fully saturated rings. The van der Waals surface area contributed by atoms with Crippen LogP contribution in [0, 0.1) is 0 Å². The SMILES string of the molecule is Cl.N[C@@H]1CN(CC(=O)NC2CC2)C[C@H]1c1ccccc1. The van der Waals surface area contributed by atoms with Crippen molar-refractivity contribution < 1.29 is 4.79 Å². The molecule has 3 N–H and O–H groups in total. The summed E-state index contributed by atoms with van der Waals surface area (Å²) in [7, 11) is 0. The summed E-state index contributed by atoms with van der Waals surface area (Å²) in [5.41, 5.74) is 7.50. The molecule has 3 rings (SSSR count). The molecule has 2 atom stereocenters. The Hall–Kier alpha value is -1.10. The van der Waals surface area contributed by atoms with E-state index in [1.807, 2.05) is 18.2 Å². The van der Waals surface area contributed by atoms with Gasteiger partial charge < -0.3 is 11.1 Å². The highest BCUT2D eigenvalue weighted by Crippen LogP contribution is 2.26. The Morgan fingerprint density at radius 1 is 1.25 bits per heavy atom. The highest BCUT2D eigenvalue weighted by molar-refractivity contribution is 5.85. The molecule has 1 saturated heterocycles. The average Bonchev–Trinajstić information content (AvgIpc) is 3.13. The van der Waals surface area contributed by atoms with Crippen LogP contribution in [-0.4, -0.2) is 42.5 Å². The number of nitrogens with zero attached hydrogens (tertiary/aromatic N) is 1. The minimum Gasteiger partial charge on any atom is -0.352 e. The van der Waals surface area contributed by atoms with E-state index in [9.17, 15) is 4.79 Å². The van der Waals surface area contributed by atoms with Gasteiger partial charge in [0.15, 0.2) is 0 Å². The zero-order valence-corrected chi connectivity index (χ0v) is 12.3. The van der Waals surface area contributed by atoms with E-state index in [0.717, 1.165) is 25.9 Å². The van der Waals surface area contributed by atoms with Crippen molar-refractivity contribution in [2.75, 3.05) is 19.6 Å². The molecule has 0 unspecified atom stereocenters. The fourth-order valence-electron chi connectivity index (χ4n) is 2.80. The summed E-state index contributed by atoms with van der Waals surface area (Å²) in [6.07, 6.45) is 2.27. The molecule has 0 spiro atoms. The monoisotopic (exact) mass is 295 g/mol. The van der Waals surface area contributed by atoms with Crippen molar-refractivity contribution in [3.8, 4) is 0 Å². The van der Waals surface area contributed by atoms with Crippen molar-refractivity contribution in [2.45, 2.75) is 30.8 Å². The Labute approximate surface area is 126 Å². The highest BCUT2D eigenvalue weighted by Gasteiger charge is 2.32. The Balaban J connectivity index is 0.00000147. The summed E-state index contributed by atoms with van der Waals surface area (Å²) < 4.78 is 0. The molecular weight excluding hydrogens is 274 g/mol. The lowest BCUT2D eigenvalue weighted by atomic mass is 9.95. The first kappa shape index (κ1) is 15.3. The van der Waals surface area contributed by atoms with Gasteiger partial charge in [0.1, 0.15) is 0 Å². The molecule has 1 heterocycles. The summed E-state index contributed by atoms with van der Waals surface area (Å²) in [5.74, 6) is 0.485. The van der Waals surface area contributed by atoms with Gasteiger partial charge in [-0.3, -0.25) is 9.69 Å². The fourth-order valence-corrected chi connectivity index (χ4v) is 2.80. The smallest absolute Gasteiger partial charge is 0.234 e. The van der Waals surface area contributed by atoms with Crippen LogP contribution in [0.4, 0.5) is 0 Å². The van der Waals surface area contributed by atoms with Crippen molar-refractivity contribution >= 4 is 18.3 Å². The minimum atomic E-state index is 0. The molecule has 1 aliphatic carbocycles. The van der Waals surface area contributed by atoms with Gasteiger partial charge in [0, 0.05) is 31.1 Å². The van der Waals surface area contributed by atoms with Crippen LogP contribution in [0.2, 0.25) is 0 Å². The number of hydrogen-bond donors (Lipinski definition) is 2. The van der Waals surface area contributed by atoms with Crippen LogP contribution in [0.5, 0.6) is 0 Å². The largest absolute Gasteiger partial charge is 0.352 e. The Morgan fingerprint density at radius 2 is 1.95 bits per heavy atom. The van der Waals surface area contributed by atoms with Crippen molar-refractivity contribution in [3.05, 3.63) is 35.9 Å². The molecule has 1 aromatic carbocycles. The predicted octanol–water partition coefficient (Wildman–Crippen LogP) is 1.11. The molecule has 4 nitrogen and oxygen atoms in total. The molecule has 0 radical (unpaired) electrons. The number of benzene rings is 1. The quantitative estimate of drug-likeness (QED) is 0.875. The van der Waals surface area contributed by atoms with Gasteiger partial charge >= 0.3 is 0 Å². The van der Waals surface area contributed by atoms with Crippen LogP contribution < -0.4 is 11.1 Å². The molecule has 110 valence electrons. The van der Waals surface area contributed by atoms with Crippen LogP contribution >= 0.6 is 12.4 Å². The van der Waals surface area contributed by atoms with E-state index in [-0.39, 0.29) is 24.4 Å². The lowest BCUT2D eigenvalue weighted by Gasteiger charge is -2.15. The number of carbonyl (C=O) groups is 1. The zero-order chi connectivity index (χ0) is 13.2. The van der Waals surface area contributed by atoms with Gasteiger partial charge in [-0.1, -0.05) is 30.3 Å². The van der Waals surface area contributed by atoms with Gasteiger partial charge in [0.25, 0.3) is 0 Å². The summed E-state index contributed by atoms with van der Waals surface area (Å²) in [4.78, 5) is 14.0. The van der Waals surface area contributed by atoms with Gasteiger partial charge in [0.2, 0.25) is 5.91 Å². The van der Waals surface area contributed by atoms with Crippen molar-refractivity contribution in [2.24, 2.45) is 5.73 Å². The molecule has 1 amide bonds. The molecule has 0 bridgehead atoms. The first-order valence-corrected chi connectivity index (χ1v) is 7.04. The Bertz CT molecular complexity index is 450. The van der Waals surface area contributed by atoms with Crippen LogP contribution in [0.25, 0.3) is 0 Å². The van der Waals surface area contributed by atoms with E-state index in [1.165, 1.54) is 5.56 Å². The van der Waals surface area contributed by atoms with Crippen molar-refractivity contribution in [3.63, 3.8) is 0 Å². The summed E-state index contributed by atoms with van der Waals surface area (Å²) in [5, 5.41) is 3.03. The van der Waals surface area contributed by atoms with Crippen LogP contribution in [0.15, 0.2) is 30.3 Å². The molecule has 1 saturated carbocycles. The Morgan fingerprint density at radius 3 is 2.60 bits per heavy atom. The normalized spacial score (nSPS) is 26.1. The van der Waals surface area contributed by atoms with Crippen molar-refractivity contribution in [1.82, 2.24) is 10.2 Å². The van der Waals surface area contributed by atoms with E-state index in [1.54, 1.807) is 0 Å². The Kier molecular flexibility index (Phi) is 5.02. The topological polar surface area (TPSA) is 58.4 Å². The van der Waals surface area contributed by atoms with Gasteiger partial charge in [0.05, 0.1) is 6.54 Å². The van der Waals surface area contributed by atoms with Crippen LogP contribution in [0.1, 0.15) is 24.3 Å². The number of rotatable bonds is 4. The number of hydrogen-bond acceptors (Lipinski definition) is 3. The predicted molar refractivity (Wildman–Crippen MR) is 82.0 cm³/mol. The lowest BCUT2D eigenvalue weighted by Crippen LogP contribution is -2.38. The van der Waals surface area contributed by atoms with Gasteiger partial charge in [-0.2, -0.15) is 0 Å². The molecule has 1 aliphatic heterocycles. The standard InChI is InChI=1S/C15H21N3O.ClH/c16-14-9-18(10-15(19)17-12-6-7-12)8-13(14)11-4-2-1-3-5-11;/h1-5,12-14H,6-10,16H2,(H,17,19);1H/t13-,14+;/m0./s1. The maximum Gasteiger partial charge on any atom is 0.234 e. The van der Waals surface area contributed by atoms with E-state index < -0.39 is 0 Å². The number of amides is 1. The van der Waals surface area contributed by atoms with E-state index in [0.29, 0.717) is 18.5 Å². The number of nitrogens with two attached hydrogens (primary N) is 1. The van der Waals surface area contributed by atoms with E-state index in [2.05, 4.69) is 22.3 Å². The molecule has 20 heavy (non-hydrogen) atoms. The zero-order valence-electron chi connectivity index (χ0n) is 11.5. The highest BCUT2D eigenvalue weighted by atomic mass is 35.5. The second-order valence-electron chi connectivity index (χ2n) is 5.72. The molecule has 2 aliphatic rings. The first-order valence-electron chi connectivity index (χ1n) is 7.04. The third-order valence-electron chi connectivity index (χ3n) is 3.98. The van der Waals surface area contributed by atoms with Crippen molar-refractivity contribution in [1.29, 1.82) is 0 Å². The molecular formula is C15H22ClN3O. The summed E-state index contributed by atoms with van der Waals surface area (Å²) in [6.45, 7) is 2.16. The second-order valence-corrected chi connectivity index (χ2v) is 5.72. The lowest BCUT2D eigenvalue weighted by molar-refractivity contribution is -0.122. The number of halogens is 1. The van der Waals surface area contributed by atoms with E-state index >= 15 is 0 Å². The second kappa shape index (κ2) is 6.57. The first-order chi connectivity index (χ1) is 9.22. The number of likely N-dealkylation sites (tertiary alicyclic amines) is 1. The fraction of sp³-hybridized carbons (Fsp3) is 0.533. The maximum absolute atomic E-state index is 11.8. The number of nitrogens with one attached hydrogen (secondary N) is 1. The molecule has 1 aromatic rings.